The van der Waals surface area contributed by atoms with Crippen molar-refractivity contribution in [2.45, 2.75) is 59.1 Å². The molecule has 0 radical (unpaired) electrons. The van der Waals surface area contributed by atoms with Crippen molar-refractivity contribution in [2.24, 2.45) is 17.1 Å². The van der Waals surface area contributed by atoms with Crippen LogP contribution >= 0.6 is 0 Å². The molecule has 1 aliphatic heterocycles. The molecule has 0 bridgehead atoms. The van der Waals surface area contributed by atoms with E-state index in [1.54, 1.807) is 13.8 Å². The molecule has 1 fully saturated rings. The van der Waals surface area contributed by atoms with Gasteiger partial charge in [0.1, 0.15) is 0 Å². The maximum Gasteiger partial charge on any atom is 0.239 e. The van der Waals surface area contributed by atoms with Crippen LogP contribution in [0.2, 0.25) is 0 Å². The lowest BCUT2D eigenvalue weighted by molar-refractivity contribution is -0.127. The molecule has 0 aromatic carbocycles. The van der Waals surface area contributed by atoms with Crippen molar-refractivity contribution in [3.63, 3.8) is 0 Å². The van der Waals surface area contributed by atoms with Crippen LogP contribution in [0.4, 0.5) is 0 Å². The van der Waals surface area contributed by atoms with Crippen LogP contribution < -0.4 is 11.1 Å². The van der Waals surface area contributed by atoms with Crippen LogP contribution in [0.15, 0.2) is 0 Å². The summed E-state index contributed by atoms with van der Waals surface area (Å²) in [4.78, 5) is 11.8. The summed E-state index contributed by atoms with van der Waals surface area (Å²) in [5, 5.41) is 2.95. The third-order valence-electron chi connectivity index (χ3n) is 3.41. The average Bonchev–Trinajstić information content (AvgIpc) is 2.23. The fraction of sp³-hybridized carbons (Fsp3) is 0.929. The van der Waals surface area contributed by atoms with Crippen LogP contribution in [-0.2, 0) is 9.53 Å². The monoisotopic (exact) mass is 256 g/mol. The largest absolute Gasteiger partial charge is 0.377 e. The summed E-state index contributed by atoms with van der Waals surface area (Å²) in [7, 11) is 0. The van der Waals surface area contributed by atoms with E-state index in [-0.39, 0.29) is 17.4 Å². The highest BCUT2D eigenvalue weighted by Crippen LogP contribution is 2.33. The number of nitrogens with one attached hydrogen (secondary N) is 1. The molecule has 106 valence electrons. The maximum absolute atomic E-state index is 11.8. The van der Waals surface area contributed by atoms with Crippen LogP contribution in [0.25, 0.3) is 0 Å². The van der Waals surface area contributed by atoms with E-state index in [1.807, 2.05) is 0 Å². The van der Waals surface area contributed by atoms with E-state index in [9.17, 15) is 4.79 Å². The molecule has 1 rings (SSSR count). The summed E-state index contributed by atoms with van der Waals surface area (Å²) in [6.45, 7) is 11.5. The second-order valence-corrected chi connectivity index (χ2v) is 6.99. The predicted molar refractivity (Wildman–Crippen MR) is 73.2 cm³/mol. The third-order valence-corrected chi connectivity index (χ3v) is 3.41. The highest BCUT2D eigenvalue weighted by molar-refractivity contribution is 5.84. The minimum absolute atomic E-state index is 0.0965. The molecule has 0 saturated carbocycles. The second-order valence-electron chi connectivity index (χ2n) is 6.99. The molecule has 2 unspecified atom stereocenters. The zero-order chi connectivity index (χ0) is 14.0. The molecule has 1 heterocycles. The molecule has 0 spiro atoms. The summed E-state index contributed by atoms with van der Waals surface area (Å²) in [5.41, 5.74) is 5.06. The van der Waals surface area contributed by atoms with Gasteiger partial charge in [-0.1, -0.05) is 20.8 Å². The van der Waals surface area contributed by atoms with Gasteiger partial charge in [0.25, 0.3) is 0 Å². The molecule has 4 heteroatoms. The summed E-state index contributed by atoms with van der Waals surface area (Å²) < 4.78 is 5.89. The first kappa shape index (κ1) is 15.4. The van der Waals surface area contributed by atoms with Gasteiger partial charge in [-0.3, -0.25) is 4.79 Å². The Kier molecular flexibility index (Phi) is 4.78. The van der Waals surface area contributed by atoms with E-state index >= 15 is 0 Å². The van der Waals surface area contributed by atoms with Crippen LogP contribution in [0.5, 0.6) is 0 Å². The summed E-state index contributed by atoms with van der Waals surface area (Å²) in [5.74, 6) is 0.283. The van der Waals surface area contributed by atoms with Crippen molar-refractivity contribution in [1.29, 1.82) is 0 Å². The van der Waals surface area contributed by atoms with Gasteiger partial charge in [-0.2, -0.15) is 0 Å². The van der Waals surface area contributed by atoms with Gasteiger partial charge in [0.2, 0.25) is 5.91 Å². The molecule has 2 atom stereocenters. The number of carbonyl (C=O) groups excluding carboxylic acids is 1. The second kappa shape index (κ2) is 5.57. The van der Waals surface area contributed by atoms with E-state index in [0.29, 0.717) is 12.5 Å². The standard InChI is InChI=1S/C14H28N2O2/c1-13(2,3)11-10(7-6-8-18-11)9-16-12(17)14(4,5)15/h10-11H,6-9,15H2,1-5H3,(H,16,17). The maximum atomic E-state index is 11.8. The lowest BCUT2D eigenvalue weighted by Crippen LogP contribution is -2.52. The van der Waals surface area contributed by atoms with Gasteiger partial charge in [-0.25, -0.2) is 0 Å². The minimum Gasteiger partial charge on any atom is -0.377 e. The van der Waals surface area contributed by atoms with Gasteiger partial charge in [-0.15, -0.1) is 0 Å². The molecule has 0 aliphatic carbocycles. The SMILES string of the molecule is CC(C)(N)C(=O)NCC1CCCOC1C(C)(C)C. The first-order chi connectivity index (χ1) is 8.12. The first-order valence-corrected chi connectivity index (χ1v) is 6.81. The Morgan fingerprint density at radius 2 is 1.94 bits per heavy atom. The fourth-order valence-corrected chi connectivity index (χ4v) is 2.46. The predicted octanol–water partition coefficient (Wildman–Crippen LogP) is 1.68. The molecule has 0 aromatic heterocycles. The number of hydrogen-bond acceptors (Lipinski definition) is 3. The Morgan fingerprint density at radius 1 is 1.33 bits per heavy atom. The Morgan fingerprint density at radius 3 is 2.44 bits per heavy atom. The number of nitrogens with two attached hydrogens (primary N) is 1. The third kappa shape index (κ3) is 4.25. The highest BCUT2D eigenvalue weighted by atomic mass is 16.5. The van der Waals surface area contributed by atoms with Crippen molar-refractivity contribution in [2.75, 3.05) is 13.2 Å². The number of amides is 1. The van der Waals surface area contributed by atoms with Crippen LogP contribution in [0.3, 0.4) is 0 Å². The normalized spacial score (nSPS) is 25.9. The minimum atomic E-state index is -0.813. The Balaban J connectivity index is 2.56. The number of hydrogen-bond donors (Lipinski definition) is 2. The lowest BCUT2D eigenvalue weighted by atomic mass is 9.78. The summed E-state index contributed by atoms with van der Waals surface area (Å²) >= 11 is 0. The summed E-state index contributed by atoms with van der Waals surface area (Å²) in [6.07, 6.45) is 2.37. The van der Waals surface area contributed by atoms with Crippen LogP contribution in [-0.4, -0.2) is 30.7 Å². The van der Waals surface area contributed by atoms with E-state index < -0.39 is 5.54 Å². The van der Waals surface area contributed by atoms with Gasteiger partial charge in [-0.05, 0) is 32.1 Å². The van der Waals surface area contributed by atoms with Crippen molar-refractivity contribution >= 4 is 5.91 Å². The number of ether oxygens (including phenoxy) is 1. The molecule has 0 aromatic rings. The van der Waals surface area contributed by atoms with Gasteiger partial charge >= 0.3 is 0 Å². The Hall–Kier alpha value is -0.610. The Labute approximate surface area is 111 Å². The molecule has 1 amide bonds. The molecular weight excluding hydrogens is 228 g/mol. The average molecular weight is 256 g/mol. The van der Waals surface area contributed by atoms with E-state index in [1.165, 1.54) is 0 Å². The molecular formula is C14H28N2O2. The van der Waals surface area contributed by atoms with Crippen molar-refractivity contribution in [3.05, 3.63) is 0 Å². The molecule has 1 aliphatic rings. The van der Waals surface area contributed by atoms with Crippen molar-refractivity contribution in [1.82, 2.24) is 5.32 Å². The molecule has 1 saturated heterocycles. The molecule has 4 nitrogen and oxygen atoms in total. The zero-order valence-corrected chi connectivity index (χ0v) is 12.4. The smallest absolute Gasteiger partial charge is 0.239 e. The van der Waals surface area contributed by atoms with E-state index in [4.69, 9.17) is 10.5 Å². The molecule has 18 heavy (non-hydrogen) atoms. The van der Waals surface area contributed by atoms with Crippen molar-refractivity contribution < 1.29 is 9.53 Å². The van der Waals surface area contributed by atoms with Crippen molar-refractivity contribution in [3.8, 4) is 0 Å². The van der Waals surface area contributed by atoms with Crippen LogP contribution in [0, 0.1) is 11.3 Å². The molecule has 3 N–H and O–H groups in total. The van der Waals surface area contributed by atoms with E-state index in [0.717, 1.165) is 19.4 Å². The van der Waals surface area contributed by atoms with Gasteiger partial charge in [0, 0.05) is 19.1 Å². The quantitative estimate of drug-likeness (QED) is 0.807. The highest BCUT2D eigenvalue weighted by Gasteiger charge is 2.35. The first-order valence-electron chi connectivity index (χ1n) is 6.81. The Bertz CT molecular complexity index is 289. The van der Waals surface area contributed by atoms with E-state index in [2.05, 4.69) is 26.1 Å². The topological polar surface area (TPSA) is 64.4 Å². The zero-order valence-electron chi connectivity index (χ0n) is 12.4. The van der Waals surface area contributed by atoms with Gasteiger partial charge in [0.05, 0.1) is 11.6 Å². The summed E-state index contributed by atoms with van der Waals surface area (Å²) in [6, 6.07) is 0. The number of carbonyl (C=O) groups is 1. The van der Waals surface area contributed by atoms with Crippen LogP contribution in [0.1, 0.15) is 47.5 Å². The van der Waals surface area contributed by atoms with Gasteiger partial charge < -0.3 is 15.8 Å². The van der Waals surface area contributed by atoms with Gasteiger partial charge in [0.15, 0.2) is 0 Å². The number of rotatable bonds is 3. The fourth-order valence-electron chi connectivity index (χ4n) is 2.46. The lowest BCUT2D eigenvalue weighted by Gasteiger charge is -2.40.